The zero-order chi connectivity index (χ0) is 19.4. The van der Waals surface area contributed by atoms with Crippen LogP contribution in [0.1, 0.15) is 77.6 Å². The molecule has 4 fully saturated rings. The smallest absolute Gasteiger partial charge is 0.146 e. The minimum Gasteiger partial charge on any atom is -0.359 e. The molecule has 3 nitrogen and oxygen atoms in total. The summed E-state index contributed by atoms with van der Waals surface area (Å²) in [6, 6.07) is 2.59. The second-order valence-electron chi connectivity index (χ2n) is 10.8. The number of ether oxygens (including phenoxy) is 2. The Morgan fingerprint density at radius 1 is 1.07 bits per heavy atom. The Balaban J connectivity index is 1.36. The molecular weight excluding hydrogens is 346 g/mol. The molecule has 0 unspecified atom stereocenters. The predicted molar refractivity (Wildman–Crippen MR) is 109 cm³/mol. The summed E-state index contributed by atoms with van der Waals surface area (Å²) in [5.74, 6) is 4.11. The molecule has 5 aliphatic carbocycles. The molecule has 0 amide bonds. The summed E-state index contributed by atoms with van der Waals surface area (Å²) in [4.78, 5) is 0. The molecule has 0 saturated heterocycles. The molecule has 3 heteroatoms. The van der Waals surface area contributed by atoms with E-state index >= 15 is 0 Å². The summed E-state index contributed by atoms with van der Waals surface area (Å²) in [5.41, 5.74) is 2.13. The molecule has 0 aliphatic heterocycles. The fourth-order valence-electron chi connectivity index (χ4n) is 9.06. The Bertz CT molecular complexity index is 681. The lowest BCUT2D eigenvalue weighted by atomic mass is 9.43. The number of hydrogen-bond donors (Lipinski definition) is 0. The Morgan fingerprint density at radius 2 is 1.96 bits per heavy atom. The fourth-order valence-corrected chi connectivity index (χ4v) is 9.06. The van der Waals surface area contributed by atoms with Gasteiger partial charge in [-0.25, -0.2) is 0 Å². The highest BCUT2D eigenvalue weighted by atomic mass is 16.7. The third-order valence-corrected chi connectivity index (χ3v) is 10.2. The van der Waals surface area contributed by atoms with Crippen molar-refractivity contribution in [1.82, 2.24) is 0 Å². The number of nitriles is 1. The number of fused-ring (bicyclic) bond motifs is 4. The van der Waals surface area contributed by atoms with E-state index in [9.17, 15) is 5.26 Å². The van der Waals surface area contributed by atoms with Crippen molar-refractivity contribution in [2.24, 2.45) is 40.4 Å². The second kappa shape index (κ2) is 7.13. The molecule has 5 rings (SSSR count). The van der Waals surface area contributed by atoms with E-state index in [1.165, 1.54) is 64.2 Å². The van der Waals surface area contributed by atoms with Gasteiger partial charge in [0.15, 0.2) is 0 Å². The Morgan fingerprint density at radius 3 is 2.79 bits per heavy atom. The molecule has 4 saturated carbocycles. The van der Waals surface area contributed by atoms with Gasteiger partial charge >= 0.3 is 0 Å². The van der Waals surface area contributed by atoms with E-state index < -0.39 is 0 Å². The molecule has 0 aromatic carbocycles. The van der Waals surface area contributed by atoms with E-state index in [1.807, 2.05) is 0 Å². The minimum atomic E-state index is 0.405. The Hall–Kier alpha value is -0.850. The van der Waals surface area contributed by atoms with E-state index in [1.54, 1.807) is 7.11 Å². The molecule has 0 aromatic heterocycles. The van der Waals surface area contributed by atoms with Crippen LogP contribution in [0, 0.1) is 51.8 Å². The number of nitrogens with zero attached hydrogens (tertiary/aromatic N) is 1. The molecule has 0 bridgehead atoms. The molecule has 0 N–H and O–H groups in total. The van der Waals surface area contributed by atoms with Crippen LogP contribution < -0.4 is 0 Å². The molecular formula is C25H37NO2. The maximum atomic E-state index is 9.70. The highest BCUT2D eigenvalue weighted by molar-refractivity contribution is 5.32. The first-order chi connectivity index (χ1) is 13.6. The first-order valence-corrected chi connectivity index (χ1v) is 11.8. The first kappa shape index (κ1) is 19.1. The van der Waals surface area contributed by atoms with Crippen LogP contribution in [0.15, 0.2) is 11.6 Å². The predicted octanol–water partition coefficient (Wildman–Crippen LogP) is 5.86. The van der Waals surface area contributed by atoms with Crippen molar-refractivity contribution in [2.45, 2.75) is 83.7 Å². The van der Waals surface area contributed by atoms with Crippen LogP contribution in [0.2, 0.25) is 0 Å². The van der Waals surface area contributed by atoms with Crippen molar-refractivity contribution in [3.05, 3.63) is 11.6 Å². The highest BCUT2D eigenvalue weighted by Crippen LogP contribution is 2.70. The van der Waals surface area contributed by atoms with Crippen LogP contribution in [0.25, 0.3) is 0 Å². The molecule has 1 spiro atoms. The molecule has 0 radical (unpaired) electrons. The average molecular weight is 384 g/mol. The summed E-state index contributed by atoms with van der Waals surface area (Å²) in [7, 11) is 1.73. The van der Waals surface area contributed by atoms with Crippen molar-refractivity contribution < 1.29 is 9.47 Å². The fraction of sp³-hybridized carbons (Fsp3) is 0.880. The third-order valence-electron chi connectivity index (χ3n) is 10.2. The van der Waals surface area contributed by atoms with Crippen LogP contribution in [-0.2, 0) is 9.47 Å². The lowest BCUT2D eigenvalue weighted by Crippen LogP contribution is -2.55. The van der Waals surface area contributed by atoms with Crippen molar-refractivity contribution >= 4 is 0 Å². The van der Waals surface area contributed by atoms with E-state index in [0.29, 0.717) is 29.6 Å². The quantitative estimate of drug-likeness (QED) is 0.573. The highest BCUT2D eigenvalue weighted by Gasteiger charge is 2.62. The molecule has 0 aromatic rings. The summed E-state index contributed by atoms with van der Waals surface area (Å²) >= 11 is 0. The van der Waals surface area contributed by atoms with Gasteiger partial charge in [-0.3, -0.25) is 0 Å². The van der Waals surface area contributed by atoms with E-state index in [-0.39, 0.29) is 0 Å². The SMILES string of the molecule is COCO[C@@H]1CC[C@@]2(C)[C@@H](CC[C@@H]3[C@@H]2CC[C@@]24CCC=C(C#N)[C@H]2CC[C@@H]34)C1. The zero-order valence-electron chi connectivity index (χ0n) is 17.8. The maximum absolute atomic E-state index is 9.70. The maximum Gasteiger partial charge on any atom is 0.146 e. The average Bonchev–Trinajstić information content (AvgIpc) is 3.12. The molecule has 8 atom stereocenters. The molecule has 5 aliphatic rings. The molecule has 154 valence electrons. The van der Waals surface area contributed by atoms with Crippen LogP contribution in [0.3, 0.4) is 0 Å². The van der Waals surface area contributed by atoms with Gasteiger partial charge in [0, 0.05) is 12.7 Å². The summed E-state index contributed by atoms with van der Waals surface area (Å²) in [6.45, 7) is 3.08. The Kier molecular flexibility index (Phi) is 4.88. The van der Waals surface area contributed by atoms with Gasteiger partial charge in [-0.15, -0.1) is 0 Å². The lowest BCUT2D eigenvalue weighted by molar-refractivity contribution is -0.154. The Labute approximate surface area is 170 Å². The standard InChI is InChI=1S/C25H37NO2/c1-24-12-9-19(28-16-27-2)14-18(24)5-6-20-22(24)10-13-25-11-3-4-17(15-26)21(25)7-8-23(20)25/h4,18-23H,3,5-14,16H2,1-2H3/t18-,19+,20+,21+,22-,23-,24-,25-/m0/s1. The number of hydrogen-bond acceptors (Lipinski definition) is 3. The van der Waals surface area contributed by atoms with Gasteiger partial charge in [0.2, 0.25) is 0 Å². The lowest BCUT2D eigenvalue weighted by Gasteiger charge is -2.62. The van der Waals surface area contributed by atoms with Gasteiger partial charge in [0.25, 0.3) is 0 Å². The van der Waals surface area contributed by atoms with Crippen LogP contribution in [0.4, 0.5) is 0 Å². The van der Waals surface area contributed by atoms with Gasteiger partial charge in [0.1, 0.15) is 6.79 Å². The summed E-state index contributed by atoms with van der Waals surface area (Å²) in [5, 5.41) is 9.70. The van der Waals surface area contributed by atoms with Gasteiger partial charge in [-0.1, -0.05) is 13.0 Å². The number of rotatable bonds is 3. The van der Waals surface area contributed by atoms with Crippen LogP contribution >= 0.6 is 0 Å². The van der Waals surface area contributed by atoms with Crippen LogP contribution in [-0.4, -0.2) is 20.0 Å². The molecule has 28 heavy (non-hydrogen) atoms. The summed E-state index contributed by atoms with van der Waals surface area (Å²) in [6.07, 6.45) is 17.2. The van der Waals surface area contributed by atoms with E-state index in [2.05, 4.69) is 19.1 Å². The van der Waals surface area contributed by atoms with Crippen LogP contribution in [0.5, 0.6) is 0 Å². The third kappa shape index (κ3) is 2.67. The van der Waals surface area contributed by atoms with Crippen molar-refractivity contribution in [3.63, 3.8) is 0 Å². The molecule has 0 heterocycles. The van der Waals surface area contributed by atoms with Crippen molar-refractivity contribution in [2.75, 3.05) is 13.9 Å². The summed E-state index contributed by atoms with van der Waals surface area (Å²) < 4.78 is 11.1. The number of allylic oxidation sites excluding steroid dienone is 2. The normalized spacial score (nSPS) is 49.8. The largest absolute Gasteiger partial charge is 0.359 e. The second-order valence-corrected chi connectivity index (χ2v) is 10.8. The first-order valence-electron chi connectivity index (χ1n) is 11.8. The van der Waals surface area contributed by atoms with Crippen molar-refractivity contribution in [3.8, 4) is 6.07 Å². The van der Waals surface area contributed by atoms with Crippen molar-refractivity contribution in [1.29, 1.82) is 5.26 Å². The van der Waals surface area contributed by atoms with Gasteiger partial charge in [-0.2, -0.15) is 5.26 Å². The van der Waals surface area contributed by atoms with Gasteiger partial charge < -0.3 is 9.47 Å². The zero-order valence-corrected chi connectivity index (χ0v) is 17.8. The van der Waals surface area contributed by atoms with E-state index in [4.69, 9.17) is 9.47 Å². The monoisotopic (exact) mass is 383 g/mol. The topological polar surface area (TPSA) is 42.2 Å². The van der Waals surface area contributed by atoms with E-state index in [0.717, 1.165) is 35.7 Å². The van der Waals surface area contributed by atoms with Gasteiger partial charge in [0.05, 0.1) is 12.2 Å². The van der Waals surface area contributed by atoms with Gasteiger partial charge in [-0.05, 0) is 111 Å². The minimum absolute atomic E-state index is 0.405. The number of methoxy groups -OCH3 is 1.